The number of rotatable bonds is 8. The van der Waals surface area contributed by atoms with Crippen molar-refractivity contribution in [3.05, 3.63) is 243 Å². The first-order chi connectivity index (χ1) is 33.7. The second kappa shape index (κ2) is 16.2. The van der Waals surface area contributed by atoms with Gasteiger partial charge in [-0.2, -0.15) is 0 Å². The molecule has 2 aromatic heterocycles. The predicted octanol–water partition coefficient (Wildman–Crippen LogP) is 14.7. The molecule has 68 heavy (non-hydrogen) atoms. The van der Waals surface area contributed by atoms with Gasteiger partial charge in [-0.3, -0.25) is 0 Å². The molecular weight excluding hydrogens is 837 g/mol. The van der Waals surface area contributed by atoms with E-state index in [1.54, 1.807) is 9.36 Å². The summed E-state index contributed by atoms with van der Waals surface area (Å²) in [4.78, 5) is 9.32. The number of nitrogens with zero attached hydrogens (tertiary/aromatic N) is 10. The first-order valence-electron chi connectivity index (χ1n) is 22.6. The van der Waals surface area contributed by atoms with Crippen LogP contribution in [0.15, 0.2) is 243 Å². The van der Waals surface area contributed by atoms with E-state index in [-0.39, 0.29) is 0 Å². The Labute approximate surface area is 393 Å². The van der Waals surface area contributed by atoms with Gasteiger partial charge in [-0.25, -0.2) is 9.36 Å². The van der Waals surface area contributed by atoms with Crippen LogP contribution in [-0.2, 0) is 0 Å². The maximum absolute atomic E-state index is 4.57. The highest BCUT2D eigenvalue weighted by molar-refractivity contribution is 6.03. The Morgan fingerprint density at radius 3 is 0.735 bits per heavy atom. The second-order valence-electron chi connectivity index (χ2n) is 16.7. The van der Waals surface area contributed by atoms with E-state index >= 15 is 0 Å². The van der Waals surface area contributed by atoms with Gasteiger partial charge in [0.15, 0.2) is 0 Å². The van der Waals surface area contributed by atoms with E-state index in [2.05, 4.69) is 246 Å². The lowest BCUT2D eigenvalue weighted by molar-refractivity contribution is 0.792. The molecule has 0 unspecified atom stereocenters. The fourth-order valence-corrected chi connectivity index (χ4v) is 9.52. The smallest absolute Gasteiger partial charge is 0.113 e. The van der Waals surface area contributed by atoms with Crippen molar-refractivity contribution >= 4 is 68.2 Å². The molecule has 0 aliphatic carbocycles. The monoisotopic (exact) mass is 876 g/mol. The Morgan fingerprint density at radius 2 is 0.456 bits per heavy atom. The molecule has 4 heterocycles. The number of para-hydroxylation sites is 10. The van der Waals surface area contributed by atoms with Gasteiger partial charge in [0.25, 0.3) is 0 Å². The Kier molecular flexibility index (Phi) is 9.24. The predicted molar refractivity (Wildman–Crippen MR) is 273 cm³/mol. The van der Waals surface area contributed by atoms with Crippen molar-refractivity contribution in [2.24, 2.45) is 0 Å². The number of anilines is 12. The van der Waals surface area contributed by atoms with E-state index in [1.165, 1.54) is 0 Å². The van der Waals surface area contributed by atoms with Crippen molar-refractivity contribution in [3.8, 4) is 33.9 Å². The first kappa shape index (κ1) is 38.9. The summed E-state index contributed by atoms with van der Waals surface area (Å²) >= 11 is 0. The van der Waals surface area contributed by atoms with Crippen LogP contribution in [0.3, 0.4) is 0 Å². The summed E-state index contributed by atoms with van der Waals surface area (Å²) < 4.78 is 3.60. The molecule has 0 saturated heterocycles. The Hall–Kier alpha value is -9.54. The van der Waals surface area contributed by atoms with Crippen LogP contribution in [0, 0.1) is 0 Å². The molecule has 0 saturated carbocycles. The molecule has 10 heteroatoms. The lowest BCUT2D eigenvalue weighted by Crippen LogP contribution is -2.23. The van der Waals surface area contributed by atoms with Gasteiger partial charge >= 0.3 is 0 Å². The molecule has 0 spiro atoms. The summed E-state index contributed by atoms with van der Waals surface area (Å²) in [6, 6.07) is 80.4. The van der Waals surface area contributed by atoms with Gasteiger partial charge < -0.3 is 19.6 Å². The molecule has 13 rings (SSSR count). The van der Waals surface area contributed by atoms with Gasteiger partial charge in [-0.1, -0.05) is 120 Å². The Morgan fingerprint density at radius 1 is 0.221 bits per heavy atom. The van der Waals surface area contributed by atoms with Crippen LogP contribution < -0.4 is 19.6 Å². The summed E-state index contributed by atoms with van der Waals surface area (Å²) in [7, 11) is 0. The lowest BCUT2D eigenvalue weighted by Gasteiger charge is -2.40. The van der Waals surface area contributed by atoms with E-state index in [0.717, 1.165) is 102 Å². The molecule has 11 aromatic rings. The molecule has 0 atom stereocenters. The van der Waals surface area contributed by atoms with Gasteiger partial charge in [0.05, 0.1) is 69.3 Å². The number of fused-ring (bicyclic) bond motifs is 4. The molecule has 2 aliphatic rings. The van der Waals surface area contributed by atoms with Gasteiger partial charge in [-0.05, 0) is 121 Å². The highest BCUT2D eigenvalue weighted by Gasteiger charge is 2.31. The molecule has 0 bridgehead atoms. The zero-order valence-electron chi connectivity index (χ0n) is 36.6. The van der Waals surface area contributed by atoms with Crippen molar-refractivity contribution in [1.29, 1.82) is 0 Å². The summed E-state index contributed by atoms with van der Waals surface area (Å²) in [5.74, 6) is 0. The van der Waals surface area contributed by atoms with Gasteiger partial charge in [0.1, 0.15) is 11.4 Å². The molecule has 2 aliphatic heterocycles. The number of hydrogen-bond acceptors (Lipinski definition) is 8. The summed E-state index contributed by atoms with van der Waals surface area (Å²) in [6.45, 7) is 0. The van der Waals surface area contributed by atoms with Crippen LogP contribution in [0.1, 0.15) is 0 Å². The molecule has 10 nitrogen and oxygen atoms in total. The number of benzene rings is 9. The molecular formula is C58H40N10. The summed E-state index contributed by atoms with van der Waals surface area (Å²) in [5.41, 5.74) is 18.6. The SMILES string of the molecule is c1ccc(N2c3ccccc3N(c3ccc(-c4cn(-c5ccc(-n6cc(-c7ccc(N8c9ccccc9N(c9ccccc9)c9ccccc98)cc7)nn6)cc5)nn4)cc3)c3ccccc32)cc1. The Balaban J connectivity index is 0.725. The molecule has 0 N–H and O–H groups in total. The van der Waals surface area contributed by atoms with Crippen LogP contribution >= 0.6 is 0 Å². The van der Waals surface area contributed by atoms with Crippen molar-refractivity contribution in [1.82, 2.24) is 30.0 Å². The third kappa shape index (κ3) is 6.58. The third-order valence-corrected chi connectivity index (χ3v) is 12.7. The maximum atomic E-state index is 4.57. The van der Waals surface area contributed by atoms with Crippen molar-refractivity contribution in [2.75, 3.05) is 19.6 Å². The molecule has 0 radical (unpaired) electrons. The van der Waals surface area contributed by atoms with Crippen LogP contribution in [0.5, 0.6) is 0 Å². The van der Waals surface area contributed by atoms with E-state index in [9.17, 15) is 0 Å². The van der Waals surface area contributed by atoms with E-state index in [4.69, 9.17) is 0 Å². The first-order valence-corrected chi connectivity index (χ1v) is 22.6. The van der Waals surface area contributed by atoms with Gasteiger partial charge in [-0.15, -0.1) is 10.2 Å². The topological polar surface area (TPSA) is 74.4 Å². The van der Waals surface area contributed by atoms with Crippen molar-refractivity contribution in [2.45, 2.75) is 0 Å². The normalized spacial score (nSPS) is 12.6. The fourth-order valence-electron chi connectivity index (χ4n) is 9.52. The molecule has 322 valence electrons. The lowest BCUT2D eigenvalue weighted by atomic mass is 10.0. The largest absolute Gasteiger partial charge is 0.306 e. The van der Waals surface area contributed by atoms with Gasteiger partial charge in [0, 0.05) is 33.9 Å². The standard InChI is InChI=1S/C58H40N10/c1-3-15-45(16-4-1)65-51-19-7-11-23-55(51)67(56-24-12-8-20-52(56)65)47-31-27-41(28-32-47)49-39-63(61-59-49)43-35-37-44(38-36-43)64-40-50(60-62-64)42-29-33-48(34-30-42)68-57-25-13-9-21-53(57)66(46-17-5-2-6-18-46)54-22-10-14-26-58(54)68/h1-40H. The average Bonchev–Trinajstić information content (AvgIpc) is 4.12. The maximum Gasteiger partial charge on any atom is 0.113 e. The highest BCUT2D eigenvalue weighted by Crippen LogP contribution is 2.55. The average molecular weight is 877 g/mol. The van der Waals surface area contributed by atoms with Crippen LogP contribution in [-0.4, -0.2) is 30.0 Å². The van der Waals surface area contributed by atoms with Crippen LogP contribution in [0.25, 0.3) is 33.9 Å². The minimum absolute atomic E-state index is 0.783. The minimum Gasteiger partial charge on any atom is -0.306 e. The van der Waals surface area contributed by atoms with E-state index in [1.807, 2.05) is 36.7 Å². The van der Waals surface area contributed by atoms with Crippen LogP contribution in [0.2, 0.25) is 0 Å². The minimum atomic E-state index is 0.783. The molecule has 9 aromatic carbocycles. The Bertz CT molecular complexity index is 3250. The summed E-state index contributed by atoms with van der Waals surface area (Å²) in [5, 5.41) is 18.2. The number of aromatic nitrogens is 6. The second-order valence-corrected chi connectivity index (χ2v) is 16.7. The zero-order chi connectivity index (χ0) is 45.0. The molecule has 0 fully saturated rings. The number of hydrogen-bond donors (Lipinski definition) is 0. The van der Waals surface area contributed by atoms with E-state index in [0.29, 0.717) is 0 Å². The van der Waals surface area contributed by atoms with E-state index < -0.39 is 0 Å². The molecule has 0 amide bonds. The third-order valence-electron chi connectivity index (χ3n) is 12.7. The van der Waals surface area contributed by atoms with Crippen LogP contribution in [0.4, 0.5) is 68.2 Å². The summed E-state index contributed by atoms with van der Waals surface area (Å²) in [6.07, 6.45) is 3.93. The van der Waals surface area contributed by atoms with Gasteiger partial charge in [0.2, 0.25) is 0 Å². The zero-order valence-corrected chi connectivity index (χ0v) is 36.6. The highest BCUT2D eigenvalue weighted by atomic mass is 15.4. The fraction of sp³-hybridized carbons (Fsp3) is 0. The van der Waals surface area contributed by atoms with Crippen molar-refractivity contribution in [3.63, 3.8) is 0 Å². The quantitative estimate of drug-likeness (QED) is 0.149. The van der Waals surface area contributed by atoms with Crippen molar-refractivity contribution < 1.29 is 0 Å².